The third-order valence-corrected chi connectivity index (χ3v) is 5.47. The second-order valence-corrected chi connectivity index (χ2v) is 7.99. The number of amides is 1. The van der Waals surface area contributed by atoms with Crippen LogP contribution in [0.2, 0.25) is 0 Å². The van der Waals surface area contributed by atoms with E-state index in [4.69, 9.17) is 5.14 Å². The average Bonchev–Trinajstić information content (AvgIpc) is 2.54. The highest BCUT2D eigenvalue weighted by Crippen LogP contribution is 2.35. The Morgan fingerprint density at radius 2 is 2.17 bits per heavy atom. The van der Waals surface area contributed by atoms with Crippen LogP contribution in [0.1, 0.15) is 43.0 Å². The molecule has 1 saturated heterocycles. The van der Waals surface area contributed by atoms with Crippen molar-refractivity contribution >= 4 is 15.9 Å². The summed E-state index contributed by atoms with van der Waals surface area (Å²) in [5.74, 6) is -1.37. The third kappa shape index (κ3) is 3.93. The molecule has 1 amide bonds. The molecule has 8 heteroatoms. The van der Waals surface area contributed by atoms with E-state index in [2.05, 4.69) is 0 Å². The van der Waals surface area contributed by atoms with E-state index < -0.39 is 21.7 Å². The predicted molar refractivity (Wildman–Crippen MR) is 87.3 cm³/mol. The van der Waals surface area contributed by atoms with Crippen molar-refractivity contribution in [1.29, 1.82) is 0 Å². The Kier molecular flexibility index (Phi) is 5.62. The molecule has 134 valence electrons. The number of primary sulfonamides is 1. The number of sulfonamides is 1. The number of halogens is 1. The van der Waals surface area contributed by atoms with Gasteiger partial charge in [0.15, 0.2) is 0 Å². The number of aliphatic hydroxyl groups is 1. The first kappa shape index (κ1) is 18.8. The van der Waals surface area contributed by atoms with Gasteiger partial charge in [0.2, 0.25) is 10.0 Å². The molecule has 1 aromatic rings. The van der Waals surface area contributed by atoms with Gasteiger partial charge in [-0.25, -0.2) is 17.9 Å². The lowest BCUT2D eigenvalue weighted by molar-refractivity contribution is 0.0219. The van der Waals surface area contributed by atoms with Crippen molar-refractivity contribution in [3.05, 3.63) is 29.6 Å². The molecule has 6 nitrogen and oxygen atoms in total. The van der Waals surface area contributed by atoms with E-state index in [0.717, 1.165) is 37.5 Å². The van der Waals surface area contributed by atoms with Gasteiger partial charge in [-0.2, -0.15) is 0 Å². The van der Waals surface area contributed by atoms with Gasteiger partial charge in [0.05, 0.1) is 17.1 Å². The SMILES string of the molecule is CCC[C@@]1(CO)CCCN(C(=O)c2cc(S(N)(=O)=O)ccc2F)C1. The van der Waals surface area contributed by atoms with Gasteiger partial charge in [-0.3, -0.25) is 4.79 Å². The minimum atomic E-state index is -4.02. The molecule has 0 radical (unpaired) electrons. The molecule has 0 aliphatic carbocycles. The van der Waals surface area contributed by atoms with Crippen LogP contribution in [-0.2, 0) is 10.0 Å². The van der Waals surface area contributed by atoms with Crippen molar-refractivity contribution in [2.75, 3.05) is 19.7 Å². The third-order valence-electron chi connectivity index (χ3n) is 4.56. The molecule has 1 aromatic carbocycles. The summed E-state index contributed by atoms with van der Waals surface area (Å²) < 4.78 is 36.9. The second kappa shape index (κ2) is 7.16. The standard InChI is InChI=1S/C16H23FN2O4S/c1-2-6-16(11-20)7-3-8-19(10-16)15(21)13-9-12(24(18,22)23)4-5-14(13)17/h4-5,9,20H,2-3,6-8,10-11H2,1H3,(H2,18,22,23)/t16-/m1/s1. The van der Waals surface area contributed by atoms with Gasteiger partial charge in [0.1, 0.15) is 5.82 Å². The van der Waals surface area contributed by atoms with Gasteiger partial charge < -0.3 is 10.0 Å². The maximum absolute atomic E-state index is 14.1. The van der Waals surface area contributed by atoms with Crippen LogP contribution in [0.3, 0.4) is 0 Å². The number of hydrogen-bond acceptors (Lipinski definition) is 4. The van der Waals surface area contributed by atoms with Gasteiger partial charge >= 0.3 is 0 Å². The van der Waals surface area contributed by atoms with Crippen LogP contribution in [0, 0.1) is 11.2 Å². The normalized spacial score (nSPS) is 21.8. The second-order valence-electron chi connectivity index (χ2n) is 6.43. The van der Waals surface area contributed by atoms with E-state index in [1.165, 1.54) is 4.90 Å². The molecule has 1 heterocycles. The number of aliphatic hydroxyl groups excluding tert-OH is 1. The van der Waals surface area contributed by atoms with Crippen LogP contribution in [0.25, 0.3) is 0 Å². The molecule has 0 spiro atoms. The zero-order valence-corrected chi connectivity index (χ0v) is 14.5. The zero-order valence-electron chi connectivity index (χ0n) is 13.7. The fourth-order valence-electron chi connectivity index (χ4n) is 3.34. The fraction of sp³-hybridized carbons (Fsp3) is 0.562. The summed E-state index contributed by atoms with van der Waals surface area (Å²) in [7, 11) is -4.02. The lowest BCUT2D eigenvalue weighted by Crippen LogP contribution is -2.48. The Morgan fingerprint density at radius 3 is 2.75 bits per heavy atom. The molecule has 1 aliphatic heterocycles. The minimum absolute atomic E-state index is 0.0374. The summed E-state index contributed by atoms with van der Waals surface area (Å²) in [6, 6.07) is 2.94. The molecule has 1 fully saturated rings. The molecule has 24 heavy (non-hydrogen) atoms. The van der Waals surface area contributed by atoms with E-state index in [-0.39, 0.29) is 22.5 Å². The fourth-order valence-corrected chi connectivity index (χ4v) is 3.88. The number of benzene rings is 1. The quantitative estimate of drug-likeness (QED) is 0.833. The summed E-state index contributed by atoms with van der Waals surface area (Å²) in [5, 5.41) is 14.8. The Labute approximate surface area is 141 Å². The number of nitrogens with zero attached hydrogens (tertiary/aromatic N) is 1. The molecule has 0 unspecified atom stereocenters. The number of nitrogens with two attached hydrogens (primary N) is 1. The first-order valence-corrected chi connectivity index (χ1v) is 9.49. The summed E-state index contributed by atoms with van der Waals surface area (Å²) >= 11 is 0. The largest absolute Gasteiger partial charge is 0.396 e. The molecule has 3 N–H and O–H groups in total. The predicted octanol–water partition coefficient (Wildman–Crippen LogP) is 1.49. The lowest BCUT2D eigenvalue weighted by Gasteiger charge is -2.42. The van der Waals surface area contributed by atoms with Gasteiger partial charge in [0.25, 0.3) is 5.91 Å². The Balaban J connectivity index is 2.31. The summed E-state index contributed by atoms with van der Waals surface area (Å²) in [6.45, 7) is 2.75. The summed E-state index contributed by atoms with van der Waals surface area (Å²) in [4.78, 5) is 13.9. The number of piperidine rings is 1. The smallest absolute Gasteiger partial charge is 0.256 e. The topological polar surface area (TPSA) is 101 Å². The van der Waals surface area contributed by atoms with Crippen LogP contribution in [0.15, 0.2) is 23.1 Å². The Hall–Kier alpha value is -1.51. The van der Waals surface area contributed by atoms with Crippen molar-refractivity contribution in [2.45, 2.75) is 37.5 Å². The van der Waals surface area contributed by atoms with E-state index in [9.17, 15) is 22.7 Å². The first-order valence-electron chi connectivity index (χ1n) is 7.95. The summed E-state index contributed by atoms with van der Waals surface area (Å²) in [5.41, 5.74) is -0.691. The number of hydrogen-bond donors (Lipinski definition) is 2. The van der Waals surface area contributed by atoms with E-state index in [1.54, 1.807) is 0 Å². The van der Waals surface area contributed by atoms with Gasteiger partial charge in [-0.15, -0.1) is 0 Å². The first-order chi connectivity index (χ1) is 11.2. The Bertz CT molecular complexity index is 719. The van der Waals surface area contributed by atoms with E-state index in [1.807, 2.05) is 6.92 Å². The van der Waals surface area contributed by atoms with E-state index >= 15 is 0 Å². The number of rotatable bonds is 5. The molecule has 0 aromatic heterocycles. The maximum atomic E-state index is 14.1. The molecule has 0 saturated carbocycles. The van der Waals surface area contributed by atoms with Gasteiger partial charge in [-0.1, -0.05) is 13.3 Å². The van der Waals surface area contributed by atoms with Gasteiger partial charge in [0, 0.05) is 18.5 Å². The highest BCUT2D eigenvalue weighted by atomic mass is 32.2. The maximum Gasteiger partial charge on any atom is 0.256 e. The highest BCUT2D eigenvalue weighted by Gasteiger charge is 2.36. The molecule has 1 aliphatic rings. The number of carbonyl (C=O) groups is 1. The molecule has 2 rings (SSSR count). The van der Waals surface area contributed by atoms with Crippen LogP contribution >= 0.6 is 0 Å². The van der Waals surface area contributed by atoms with E-state index in [0.29, 0.717) is 19.5 Å². The Morgan fingerprint density at radius 1 is 1.46 bits per heavy atom. The molecule has 0 bridgehead atoms. The van der Waals surface area contributed by atoms with Gasteiger partial charge in [-0.05, 0) is 37.5 Å². The molecular formula is C16H23FN2O4S. The van der Waals surface area contributed by atoms with Crippen LogP contribution < -0.4 is 5.14 Å². The molecular weight excluding hydrogens is 335 g/mol. The average molecular weight is 358 g/mol. The highest BCUT2D eigenvalue weighted by molar-refractivity contribution is 7.89. The van der Waals surface area contributed by atoms with Crippen LogP contribution in [0.5, 0.6) is 0 Å². The summed E-state index contributed by atoms with van der Waals surface area (Å²) in [6.07, 6.45) is 3.16. The lowest BCUT2D eigenvalue weighted by atomic mass is 9.77. The zero-order chi connectivity index (χ0) is 18.0. The van der Waals surface area contributed by atoms with Crippen LogP contribution in [-0.4, -0.2) is 44.0 Å². The monoisotopic (exact) mass is 358 g/mol. The number of likely N-dealkylation sites (tertiary alicyclic amines) is 1. The van der Waals surface area contributed by atoms with Crippen molar-refractivity contribution in [3.8, 4) is 0 Å². The molecule has 1 atom stereocenters. The van der Waals surface area contributed by atoms with Crippen molar-refractivity contribution in [2.24, 2.45) is 10.6 Å². The van der Waals surface area contributed by atoms with Crippen molar-refractivity contribution < 1.29 is 22.7 Å². The van der Waals surface area contributed by atoms with Crippen molar-refractivity contribution in [3.63, 3.8) is 0 Å². The number of carbonyl (C=O) groups excluding carboxylic acids is 1. The van der Waals surface area contributed by atoms with Crippen molar-refractivity contribution in [1.82, 2.24) is 4.90 Å². The van der Waals surface area contributed by atoms with Crippen LogP contribution in [0.4, 0.5) is 4.39 Å². The minimum Gasteiger partial charge on any atom is -0.396 e.